The Hall–Kier alpha value is -2.90. The smallest absolute Gasteiger partial charge is 0.433 e. The Morgan fingerprint density at radius 3 is 2.50 bits per heavy atom. The van der Waals surface area contributed by atoms with Crippen LogP contribution in [0.2, 0.25) is 0 Å². The molecule has 0 saturated carbocycles. The quantitative estimate of drug-likeness (QED) is 0.683. The Morgan fingerprint density at radius 2 is 1.92 bits per heavy atom. The van der Waals surface area contributed by atoms with Crippen molar-refractivity contribution in [3.8, 4) is 17.0 Å². The van der Waals surface area contributed by atoms with Crippen molar-refractivity contribution in [3.63, 3.8) is 0 Å². The van der Waals surface area contributed by atoms with E-state index in [2.05, 4.69) is 10.1 Å². The summed E-state index contributed by atoms with van der Waals surface area (Å²) in [5, 5.41) is 3.62. The molecule has 0 radical (unpaired) electrons. The third kappa shape index (κ3) is 2.94. The van der Waals surface area contributed by atoms with Crippen molar-refractivity contribution in [2.45, 2.75) is 13.1 Å². The maximum atomic E-state index is 13.3. The highest BCUT2D eigenvalue weighted by Crippen LogP contribution is 2.32. The van der Waals surface area contributed by atoms with Gasteiger partial charge in [-0.3, -0.25) is 4.79 Å². The van der Waals surface area contributed by atoms with Crippen LogP contribution in [0.4, 0.5) is 13.2 Å². The van der Waals surface area contributed by atoms with Crippen LogP contribution in [-0.4, -0.2) is 27.5 Å². The van der Waals surface area contributed by atoms with Crippen molar-refractivity contribution in [1.29, 1.82) is 0 Å². The van der Waals surface area contributed by atoms with E-state index in [-0.39, 0.29) is 17.0 Å². The molecule has 3 rings (SSSR count). The van der Waals surface area contributed by atoms with Crippen LogP contribution in [0, 0.1) is 0 Å². The van der Waals surface area contributed by atoms with Crippen LogP contribution in [-0.2, 0) is 6.18 Å². The van der Waals surface area contributed by atoms with E-state index in [1.165, 1.54) is 6.07 Å². The van der Waals surface area contributed by atoms with Gasteiger partial charge in [-0.25, -0.2) is 9.50 Å². The number of nitrogens with zero attached hydrogens (tertiary/aromatic N) is 3. The molecule has 2 heterocycles. The Kier molecular flexibility index (Phi) is 3.96. The second-order valence-corrected chi connectivity index (χ2v) is 4.94. The molecule has 0 amide bonds. The highest BCUT2D eigenvalue weighted by Gasteiger charge is 2.35. The second-order valence-electron chi connectivity index (χ2n) is 4.94. The number of hydrogen-bond acceptors (Lipinski definition) is 4. The number of halogens is 3. The highest BCUT2D eigenvalue weighted by atomic mass is 19.4. The van der Waals surface area contributed by atoms with E-state index in [0.29, 0.717) is 28.7 Å². The summed E-state index contributed by atoms with van der Waals surface area (Å²) >= 11 is 0. The lowest BCUT2D eigenvalue weighted by molar-refractivity contribution is -0.142. The molecule has 5 nitrogen and oxygen atoms in total. The maximum Gasteiger partial charge on any atom is 0.433 e. The van der Waals surface area contributed by atoms with Gasteiger partial charge in [0.2, 0.25) is 0 Å². The van der Waals surface area contributed by atoms with Gasteiger partial charge in [-0.2, -0.15) is 18.3 Å². The molecular formula is C16H12F3N3O2. The van der Waals surface area contributed by atoms with Crippen LogP contribution < -0.4 is 4.74 Å². The third-order valence-electron chi connectivity index (χ3n) is 3.32. The average Bonchev–Trinajstić information content (AvgIpc) is 2.97. The fraction of sp³-hybridized carbons (Fsp3) is 0.188. The van der Waals surface area contributed by atoms with Gasteiger partial charge < -0.3 is 4.74 Å². The van der Waals surface area contributed by atoms with Crippen LogP contribution in [0.5, 0.6) is 5.75 Å². The van der Waals surface area contributed by atoms with E-state index in [4.69, 9.17) is 4.74 Å². The van der Waals surface area contributed by atoms with Crippen LogP contribution in [0.3, 0.4) is 0 Å². The second kappa shape index (κ2) is 5.95. The van der Waals surface area contributed by atoms with E-state index >= 15 is 0 Å². The molecule has 0 fully saturated rings. The summed E-state index contributed by atoms with van der Waals surface area (Å²) in [4.78, 5) is 15.0. The minimum atomic E-state index is -4.63. The fourth-order valence-corrected chi connectivity index (χ4v) is 2.29. The van der Waals surface area contributed by atoms with E-state index < -0.39 is 11.9 Å². The lowest BCUT2D eigenvalue weighted by atomic mass is 10.1. The molecule has 24 heavy (non-hydrogen) atoms. The molecule has 3 aromatic rings. The zero-order valence-electron chi connectivity index (χ0n) is 12.5. The number of aromatic nitrogens is 3. The number of alkyl halides is 3. The first-order chi connectivity index (χ1) is 11.4. The Balaban J connectivity index is 2.16. The summed E-state index contributed by atoms with van der Waals surface area (Å²) in [5.74, 6) is 0.617. The van der Waals surface area contributed by atoms with Crippen LogP contribution in [0.25, 0.3) is 16.9 Å². The summed E-state index contributed by atoms with van der Waals surface area (Å²) in [6, 6.07) is 8.68. The molecule has 124 valence electrons. The SMILES string of the molecule is CCOc1ccc(-c2cc(C(F)(F)F)n3nc(C=O)cc3n2)cc1. The van der Waals surface area contributed by atoms with Gasteiger partial charge >= 0.3 is 6.18 Å². The summed E-state index contributed by atoms with van der Waals surface area (Å²) in [7, 11) is 0. The monoisotopic (exact) mass is 335 g/mol. The molecule has 0 atom stereocenters. The van der Waals surface area contributed by atoms with Gasteiger partial charge in [0.15, 0.2) is 17.6 Å². The zero-order chi connectivity index (χ0) is 17.3. The van der Waals surface area contributed by atoms with Gasteiger partial charge in [0, 0.05) is 11.6 Å². The van der Waals surface area contributed by atoms with Crippen molar-refractivity contribution in [2.75, 3.05) is 6.61 Å². The van der Waals surface area contributed by atoms with Gasteiger partial charge in [0.1, 0.15) is 11.4 Å². The number of hydrogen-bond donors (Lipinski definition) is 0. The normalized spacial score (nSPS) is 11.7. The maximum absolute atomic E-state index is 13.3. The van der Waals surface area contributed by atoms with Crippen molar-refractivity contribution < 1.29 is 22.7 Å². The minimum Gasteiger partial charge on any atom is -0.494 e. The average molecular weight is 335 g/mol. The first-order valence-corrected chi connectivity index (χ1v) is 7.09. The number of ether oxygens (including phenoxy) is 1. The van der Waals surface area contributed by atoms with Gasteiger partial charge in [0.25, 0.3) is 0 Å². The van der Waals surface area contributed by atoms with Crippen molar-refractivity contribution in [3.05, 3.63) is 47.8 Å². The molecular weight excluding hydrogens is 323 g/mol. The Labute approximate surface area is 134 Å². The first kappa shape index (κ1) is 16.0. The third-order valence-corrected chi connectivity index (χ3v) is 3.32. The van der Waals surface area contributed by atoms with Gasteiger partial charge in [0.05, 0.1) is 12.3 Å². The van der Waals surface area contributed by atoms with E-state index in [1.807, 2.05) is 6.92 Å². The molecule has 1 aromatic carbocycles. The van der Waals surface area contributed by atoms with E-state index in [9.17, 15) is 18.0 Å². The molecule has 0 spiro atoms. The first-order valence-electron chi connectivity index (χ1n) is 7.09. The Morgan fingerprint density at radius 1 is 1.21 bits per heavy atom. The Bertz CT molecular complexity index is 886. The van der Waals surface area contributed by atoms with Crippen molar-refractivity contribution >= 4 is 11.9 Å². The molecule has 0 bridgehead atoms. The van der Waals surface area contributed by atoms with Crippen LogP contribution >= 0.6 is 0 Å². The molecule has 0 N–H and O–H groups in total. The molecule has 0 aliphatic rings. The van der Waals surface area contributed by atoms with Crippen LogP contribution in [0.1, 0.15) is 23.1 Å². The minimum absolute atomic E-state index is 0.0455. The number of benzene rings is 1. The van der Waals surface area contributed by atoms with Crippen LogP contribution in [0.15, 0.2) is 36.4 Å². The standard InChI is InChI=1S/C16H12F3N3O2/c1-2-24-12-5-3-10(4-6-12)13-8-14(16(17,18)19)22-15(20-13)7-11(9-23)21-22/h3-9H,2H2,1H3. The fourth-order valence-electron chi connectivity index (χ4n) is 2.29. The van der Waals surface area contributed by atoms with Crippen molar-refractivity contribution in [1.82, 2.24) is 14.6 Å². The molecule has 0 aliphatic carbocycles. The number of rotatable bonds is 4. The number of aldehydes is 1. The predicted octanol–water partition coefficient (Wildman–Crippen LogP) is 3.63. The van der Waals surface area contributed by atoms with E-state index in [0.717, 1.165) is 6.07 Å². The lowest BCUT2D eigenvalue weighted by Gasteiger charge is -2.11. The van der Waals surface area contributed by atoms with Gasteiger partial charge in [-0.15, -0.1) is 0 Å². The number of fused-ring (bicyclic) bond motifs is 1. The van der Waals surface area contributed by atoms with Gasteiger partial charge in [-0.1, -0.05) is 0 Å². The predicted molar refractivity (Wildman–Crippen MR) is 80.0 cm³/mol. The molecule has 0 unspecified atom stereocenters. The zero-order valence-corrected chi connectivity index (χ0v) is 12.5. The summed E-state index contributed by atoms with van der Waals surface area (Å²) in [5.41, 5.74) is -0.521. The summed E-state index contributed by atoms with van der Waals surface area (Å²) in [6.07, 6.45) is -4.25. The molecule has 8 heteroatoms. The largest absolute Gasteiger partial charge is 0.494 e. The molecule has 0 aliphatic heterocycles. The van der Waals surface area contributed by atoms with Crippen molar-refractivity contribution in [2.24, 2.45) is 0 Å². The van der Waals surface area contributed by atoms with E-state index in [1.54, 1.807) is 24.3 Å². The molecule has 0 saturated heterocycles. The topological polar surface area (TPSA) is 56.5 Å². The number of carbonyl (C=O) groups is 1. The van der Waals surface area contributed by atoms with Gasteiger partial charge in [-0.05, 0) is 37.3 Å². The summed E-state index contributed by atoms with van der Waals surface area (Å²) in [6.45, 7) is 2.33. The molecule has 2 aromatic heterocycles. The number of carbonyl (C=O) groups excluding carboxylic acids is 1. The lowest BCUT2D eigenvalue weighted by Crippen LogP contribution is -2.13. The summed E-state index contributed by atoms with van der Waals surface area (Å²) < 4.78 is 45.8. The highest BCUT2D eigenvalue weighted by molar-refractivity contribution is 5.75.